The Morgan fingerprint density at radius 2 is 1.69 bits per heavy atom. The van der Waals surface area contributed by atoms with Gasteiger partial charge in [0.1, 0.15) is 11.4 Å². The van der Waals surface area contributed by atoms with Gasteiger partial charge in [0.05, 0.1) is 0 Å². The van der Waals surface area contributed by atoms with Crippen molar-refractivity contribution in [3.8, 4) is 0 Å². The van der Waals surface area contributed by atoms with Crippen molar-refractivity contribution in [2.45, 2.75) is 18.5 Å². The first-order valence-electron chi connectivity index (χ1n) is 9.62. The van der Waals surface area contributed by atoms with Gasteiger partial charge in [-0.1, -0.05) is 23.7 Å². The Morgan fingerprint density at radius 1 is 1.07 bits per heavy atom. The molecule has 6 nitrogen and oxygen atoms in total. The molecule has 1 spiro atoms. The normalized spacial score (nSPS) is 17.8. The van der Waals surface area contributed by atoms with Gasteiger partial charge < -0.3 is 15.1 Å². The number of piperidine rings is 1. The summed E-state index contributed by atoms with van der Waals surface area (Å²) in [6.45, 7) is 1.10. The van der Waals surface area contributed by atoms with Gasteiger partial charge in [0.2, 0.25) is 0 Å². The smallest absolute Gasteiger partial charge is 0.272 e. The molecular weight excluding hydrogens is 388 g/mol. The summed E-state index contributed by atoms with van der Waals surface area (Å²) in [4.78, 5) is 33.9. The van der Waals surface area contributed by atoms with E-state index in [1.54, 1.807) is 24.3 Å². The van der Waals surface area contributed by atoms with E-state index in [1.807, 2.05) is 48.2 Å². The summed E-state index contributed by atoms with van der Waals surface area (Å²) in [5, 5.41) is 3.65. The Kier molecular flexibility index (Phi) is 5.04. The van der Waals surface area contributed by atoms with Gasteiger partial charge >= 0.3 is 0 Å². The Morgan fingerprint density at radius 3 is 2.28 bits per heavy atom. The molecule has 2 aliphatic heterocycles. The molecule has 2 aromatic carbocycles. The van der Waals surface area contributed by atoms with E-state index in [0.717, 1.165) is 11.3 Å². The number of rotatable bonds is 3. The maximum absolute atomic E-state index is 12.8. The SMILES string of the molecule is CN(C)c1ccc(C(=O)N2CCC3(CC2)N=C(c2ccc(Cl)cc2)C(=O)N3)cc1. The summed E-state index contributed by atoms with van der Waals surface area (Å²) in [6.07, 6.45) is 1.19. The minimum Gasteiger partial charge on any atom is -0.378 e. The van der Waals surface area contributed by atoms with E-state index in [1.165, 1.54) is 0 Å². The van der Waals surface area contributed by atoms with Crippen LogP contribution in [0, 0.1) is 0 Å². The number of carbonyl (C=O) groups is 2. The number of anilines is 1. The number of amides is 2. The van der Waals surface area contributed by atoms with Crippen LogP contribution in [-0.4, -0.2) is 55.3 Å². The van der Waals surface area contributed by atoms with Crippen LogP contribution in [0.3, 0.4) is 0 Å². The summed E-state index contributed by atoms with van der Waals surface area (Å²) in [5.41, 5.74) is 2.28. The molecule has 0 saturated carbocycles. The molecule has 0 bridgehead atoms. The first kappa shape index (κ1) is 19.5. The molecule has 4 rings (SSSR count). The zero-order valence-electron chi connectivity index (χ0n) is 16.5. The van der Waals surface area contributed by atoms with Crippen LogP contribution < -0.4 is 10.2 Å². The van der Waals surface area contributed by atoms with Gasteiger partial charge in [0.15, 0.2) is 0 Å². The minimum atomic E-state index is -0.627. The third-order valence-electron chi connectivity index (χ3n) is 5.51. The topological polar surface area (TPSA) is 65.0 Å². The third-order valence-corrected chi connectivity index (χ3v) is 5.77. The quantitative estimate of drug-likeness (QED) is 0.846. The van der Waals surface area contributed by atoms with Crippen LogP contribution in [0.4, 0.5) is 5.69 Å². The van der Waals surface area contributed by atoms with Crippen LogP contribution in [0.25, 0.3) is 0 Å². The molecule has 150 valence electrons. The minimum absolute atomic E-state index is 0.0105. The predicted octanol–water partition coefficient (Wildman–Crippen LogP) is 2.96. The zero-order valence-corrected chi connectivity index (χ0v) is 17.2. The molecule has 2 heterocycles. The summed E-state index contributed by atoms with van der Waals surface area (Å²) >= 11 is 5.94. The molecule has 0 aliphatic carbocycles. The van der Waals surface area contributed by atoms with Crippen LogP contribution in [-0.2, 0) is 4.79 Å². The fourth-order valence-corrected chi connectivity index (χ4v) is 3.89. The van der Waals surface area contributed by atoms with E-state index in [-0.39, 0.29) is 11.8 Å². The molecular formula is C22H23ClN4O2. The van der Waals surface area contributed by atoms with Gasteiger partial charge in [-0.25, -0.2) is 0 Å². The van der Waals surface area contributed by atoms with E-state index in [2.05, 4.69) is 5.32 Å². The molecule has 2 amide bonds. The number of aliphatic imine (C=N–C) groups is 1. The second-order valence-corrected chi connectivity index (χ2v) is 8.12. The van der Waals surface area contributed by atoms with Crippen molar-refractivity contribution in [1.29, 1.82) is 0 Å². The molecule has 29 heavy (non-hydrogen) atoms. The third kappa shape index (κ3) is 3.85. The number of nitrogens with zero attached hydrogens (tertiary/aromatic N) is 3. The number of hydrogen-bond acceptors (Lipinski definition) is 4. The number of halogens is 1. The largest absolute Gasteiger partial charge is 0.378 e. The number of hydrogen-bond donors (Lipinski definition) is 1. The monoisotopic (exact) mass is 410 g/mol. The fourth-order valence-electron chi connectivity index (χ4n) is 3.77. The molecule has 1 saturated heterocycles. The zero-order chi connectivity index (χ0) is 20.6. The number of likely N-dealkylation sites (tertiary alicyclic amines) is 1. The van der Waals surface area contributed by atoms with Crippen molar-refractivity contribution in [2.24, 2.45) is 4.99 Å². The second kappa shape index (κ2) is 7.52. The van der Waals surface area contributed by atoms with Crippen LogP contribution in [0.5, 0.6) is 0 Å². The lowest BCUT2D eigenvalue weighted by atomic mass is 9.97. The maximum atomic E-state index is 12.8. The van der Waals surface area contributed by atoms with Crippen molar-refractivity contribution in [3.63, 3.8) is 0 Å². The molecule has 1 fully saturated rings. The van der Waals surface area contributed by atoms with Crippen molar-refractivity contribution in [3.05, 3.63) is 64.7 Å². The van der Waals surface area contributed by atoms with Crippen molar-refractivity contribution < 1.29 is 9.59 Å². The highest BCUT2D eigenvalue weighted by molar-refractivity contribution is 6.47. The summed E-state index contributed by atoms with van der Waals surface area (Å²) in [7, 11) is 3.94. The molecule has 0 aromatic heterocycles. The van der Waals surface area contributed by atoms with Gasteiger partial charge in [0, 0.05) is 61.9 Å². The lowest BCUT2D eigenvalue weighted by Crippen LogP contribution is -2.52. The van der Waals surface area contributed by atoms with Crippen LogP contribution >= 0.6 is 11.6 Å². The highest BCUT2D eigenvalue weighted by Gasteiger charge is 2.42. The second-order valence-electron chi connectivity index (χ2n) is 7.69. The summed E-state index contributed by atoms with van der Waals surface area (Å²) in [5.74, 6) is -0.164. The maximum Gasteiger partial charge on any atom is 0.272 e. The van der Waals surface area contributed by atoms with E-state index >= 15 is 0 Å². The summed E-state index contributed by atoms with van der Waals surface area (Å²) in [6, 6.07) is 14.7. The Balaban J connectivity index is 1.45. The van der Waals surface area contributed by atoms with Gasteiger partial charge in [-0.05, 0) is 36.4 Å². The molecule has 2 aromatic rings. The molecule has 2 aliphatic rings. The average Bonchev–Trinajstić information content (AvgIpc) is 3.04. The Bertz CT molecular complexity index is 959. The lowest BCUT2D eigenvalue weighted by molar-refractivity contribution is -0.115. The average molecular weight is 411 g/mol. The van der Waals surface area contributed by atoms with Crippen molar-refractivity contribution in [1.82, 2.24) is 10.2 Å². The highest BCUT2D eigenvalue weighted by Crippen LogP contribution is 2.30. The Hall–Kier alpha value is -2.86. The van der Waals surface area contributed by atoms with E-state index in [0.29, 0.717) is 42.2 Å². The molecule has 0 atom stereocenters. The molecule has 1 N–H and O–H groups in total. The van der Waals surface area contributed by atoms with Crippen LogP contribution in [0.1, 0.15) is 28.8 Å². The molecule has 0 unspecified atom stereocenters. The molecule has 0 radical (unpaired) electrons. The van der Waals surface area contributed by atoms with Gasteiger partial charge in [0.25, 0.3) is 11.8 Å². The Labute approximate surface area is 175 Å². The van der Waals surface area contributed by atoms with Gasteiger partial charge in [-0.15, -0.1) is 0 Å². The number of nitrogens with one attached hydrogen (secondary N) is 1. The van der Waals surface area contributed by atoms with Gasteiger partial charge in [-0.2, -0.15) is 0 Å². The van der Waals surface area contributed by atoms with E-state index in [4.69, 9.17) is 16.6 Å². The highest BCUT2D eigenvalue weighted by atomic mass is 35.5. The first-order chi connectivity index (χ1) is 13.9. The summed E-state index contributed by atoms with van der Waals surface area (Å²) < 4.78 is 0. The standard InChI is InChI=1S/C22H23ClN4O2/c1-26(2)18-9-5-16(6-10-18)21(29)27-13-11-22(12-14-27)24-19(20(28)25-22)15-3-7-17(23)8-4-15/h3-10H,11-14H2,1-2H3,(H,25,28). The van der Waals surface area contributed by atoms with Crippen molar-refractivity contribution >= 4 is 34.8 Å². The lowest BCUT2D eigenvalue weighted by Gasteiger charge is -2.37. The van der Waals surface area contributed by atoms with Crippen molar-refractivity contribution in [2.75, 3.05) is 32.1 Å². The molecule has 7 heteroatoms. The van der Waals surface area contributed by atoms with E-state index in [9.17, 15) is 9.59 Å². The predicted molar refractivity (Wildman–Crippen MR) is 115 cm³/mol. The van der Waals surface area contributed by atoms with Crippen LogP contribution in [0.15, 0.2) is 53.5 Å². The van der Waals surface area contributed by atoms with E-state index < -0.39 is 5.66 Å². The van der Waals surface area contributed by atoms with Gasteiger partial charge in [-0.3, -0.25) is 14.6 Å². The first-order valence-corrected chi connectivity index (χ1v) is 10.00. The fraction of sp³-hybridized carbons (Fsp3) is 0.318. The number of carbonyl (C=O) groups excluding carboxylic acids is 2. The van der Waals surface area contributed by atoms with Crippen LogP contribution in [0.2, 0.25) is 5.02 Å². The number of benzene rings is 2.